The third-order valence-electron chi connectivity index (χ3n) is 3.95. The van der Waals surface area contributed by atoms with E-state index in [-0.39, 0.29) is 5.41 Å². The van der Waals surface area contributed by atoms with E-state index in [0.717, 1.165) is 30.8 Å². The van der Waals surface area contributed by atoms with Crippen LogP contribution in [0.4, 0.5) is 0 Å². The highest BCUT2D eigenvalue weighted by Crippen LogP contribution is 2.25. The van der Waals surface area contributed by atoms with E-state index in [4.69, 9.17) is 0 Å². The summed E-state index contributed by atoms with van der Waals surface area (Å²) in [5, 5.41) is 8.51. The Balaban J connectivity index is 1.62. The zero-order valence-electron chi connectivity index (χ0n) is 14.0. The lowest BCUT2D eigenvalue weighted by molar-refractivity contribution is 0.514. The second-order valence-corrected chi connectivity index (χ2v) is 6.85. The van der Waals surface area contributed by atoms with Crippen LogP contribution >= 0.6 is 0 Å². The molecule has 5 heteroatoms. The Morgan fingerprint density at radius 1 is 1.04 bits per heavy atom. The van der Waals surface area contributed by atoms with Crippen LogP contribution in [0.2, 0.25) is 0 Å². The van der Waals surface area contributed by atoms with Gasteiger partial charge in [0.2, 0.25) is 0 Å². The van der Waals surface area contributed by atoms with E-state index in [9.17, 15) is 0 Å². The molecule has 0 aliphatic rings. The van der Waals surface area contributed by atoms with Crippen molar-refractivity contribution >= 4 is 0 Å². The van der Waals surface area contributed by atoms with Gasteiger partial charge in [0.15, 0.2) is 0 Å². The summed E-state index contributed by atoms with van der Waals surface area (Å²) in [5.41, 5.74) is 3.53. The van der Waals surface area contributed by atoms with E-state index in [0.29, 0.717) is 0 Å². The molecule has 0 aliphatic carbocycles. The van der Waals surface area contributed by atoms with Gasteiger partial charge >= 0.3 is 0 Å². The van der Waals surface area contributed by atoms with E-state index in [2.05, 4.69) is 64.9 Å². The first kappa shape index (κ1) is 15.5. The van der Waals surface area contributed by atoms with Crippen LogP contribution in [0, 0.1) is 0 Å². The van der Waals surface area contributed by atoms with Crippen molar-refractivity contribution in [3.05, 3.63) is 54.7 Å². The molecule has 2 aromatic heterocycles. The van der Waals surface area contributed by atoms with E-state index in [1.54, 1.807) is 6.20 Å². The average molecular weight is 309 g/mol. The summed E-state index contributed by atoms with van der Waals surface area (Å²) in [4.78, 5) is 4.04. The molecule has 3 aromatic rings. The molecule has 23 heavy (non-hydrogen) atoms. The molecule has 120 valence electrons. The smallest absolute Gasteiger partial charge is 0.113 e. The summed E-state index contributed by atoms with van der Waals surface area (Å²) in [6.45, 7) is 8.45. The minimum absolute atomic E-state index is 0.170. The lowest BCUT2D eigenvalue weighted by Gasteiger charge is -2.18. The molecule has 0 unspecified atom stereocenters. The second kappa shape index (κ2) is 6.36. The maximum atomic E-state index is 4.29. The van der Waals surface area contributed by atoms with Crippen molar-refractivity contribution in [3.63, 3.8) is 0 Å². The first-order valence-corrected chi connectivity index (χ1v) is 7.99. The number of hydrogen-bond acceptors (Lipinski definition) is 3. The summed E-state index contributed by atoms with van der Waals surface area (Å²) in [7, 11) is 0. The van der Waals surface area contributed by atoms with Crippen LogP contribution in [0.1, 0.15) is 32.8 Å². The fraction of sp³-hybridized carbons (Fsp3) is 0.389. The average Bonchev–Trinajstić information content (AvgIpc) is 3.18. The summed E-state index contributed by atoms with van der Waals surface area (Å²) >= 11 is 0. The molecule has 0 fully saturated rings. The number of imidazole rings is 1. The van der Waals surface area contributed by atoms with Gasteiger partial charge < -0.3 is 4.57 Å². The third kappa shape index (κ3) is 3.86. The lowest BCUT2D eigenvalue weighted by Crippen LogP contribution is -2.10. The second-order valence-electron chi connectivity index (χ2n) is 6.85. The third-order valence-corrected chi connectivity index (χ3v) is 3.95. The summed E-state index contributed by atoms with van der Waals surface area (Å²) in [5.74, 6) is 0. The van der Waals surface area contributed by atoms with Crippen LogP contribution < -0.4 is 0 Å². The van der Waals surface area contributed by atoms with Gasteiger partial charge in [-0.05, 0) is 17.4 Å². The van der Waals surface area contributed by atoms with E-state index < -0.39 is 0 Å². The fourth-order valence-electron chi connectivity index (χ4n) is 2.52. The standard InChI is InChI=1S/C18H23N5/c1-18(2,3)16-7-5-15(6-8-16)17-13-23(21-20-17)11-4-10-22-12-9-19-14-22/h5-9,12-14H,4,10-11H2,1-3H3. The number of rotatable bonds is 5. The van der Waals surface area contributed by atoms with Gasteiger partial charge in [0, 0.05) is 31.0 Å². The number of nitrogens with zero attached hydrogens (tertiary/aromatic N) is 5. The number of aromatic nitrogens is 5. The zero-order chi connectivity index (χ0) is 16.3. The SMILES string of the molecule is CC(C)(C)c1ccc(-c2cn(CCCn3ccnc3)nn2)cc1. The molecule has 0 saturated heterocycles. The van der Waals surface area contributed by atoms with Crippen molar-refractivity contribution in [2.24, 2.45) is 0 Å². The van der Waals surface area contributed by atoms with Gasteiger partial charge in [-0.25, -0.2) is 4.98 Å². The Morgan fingerprint density at radius 2 is 1.83 bits per heavy atom. The van der Waals surface area contributed by atoms with Crippen LogP contribution in [0.3, 0.4) is 0 Å². The monoisotopic (exact) mass is 309 g/mol. The normalized spacial score (nSPS) is 11.8. The molecule has 0 radical (unpaired) electrons. The predicted molar refractivity (Wildman–Crippen MR) is 91.0 cm³/mol. The molecule has 0 spiro atoms. The molecule has 0 saturated carbocycles. The highest BCUT2D eigenvalue weighted by molar-refractivity contribution is 5.58. The zero-order valence-corrected chi connectivity index (χ0v) is 14.0. The Morgan fingerprint density at radius 3 is 2.48 bits per heavy atom. The Labute approximate surface area is 137 Å². The van der Waals surface area contributed by atoms with Crippen molar-refractivity contribution in [1.29, 1.82) is 0 Å². The van der Waals surface area contributed by atoms with Gasteiger partial charge in [-0.15, -0.1) is 5.10 Å². The van der Waals surface area contributed by atoms with Crippen molar-refractivity contribution in [3.8, 4) is 11.3 Å². The van der Waals surface area contributed by atoms with Crippen LogP contribution in [-0.4, -0.2) is 24.5 Å². The summed E-state index contributed by atoms with van der Waals surface area (Å²) in [6, 6.07) is 8.60. The van der Waals surface area contributed by atoms with Gasteiger partial charge in [0.05, 0.1) is 12.5 Å². The molecule has 0 N–H and O–H groups in total. The summed E-state index contributed by atoms with van der Waals surface area (Å²) < 4.78 is 3.98. The summed E-state index contributed by atoms with van der Waals surface area (Å²) in [6.07, 6.45) is 8.63. The molecule has 2 heterocycles. The number of aryl methyl sites for hydroxylation is 2. The molecule has 0 bridgehead atoms. The van der Waals surface area contributed by atoms with Crippen molar-refractivity contribution in [2.75, 3.05) is 0 Å². The molecular weight excluding hydrogens is 286 g/mol. The largest absolute Gasteiger partial charge is 0.337 e. The van der Waals surface area contributed by atoms with E-state index >= 15 is 0 Å². The van der Waals surface area contributed by atoms with Gasteiger partial charge in [-0.2, -0.15) is 0 Å². The van der Waals surface area contributed by atoms with Crippen LogP contribution in [0.5, 0.6) is 0 Å². The Bertz CT molecular complexity index is 733. The van der Waals surface area contributed by atoms with Crippen molar-refractivity contribution in [2.45, 2.75) is 45.7 Å². The maximum Gasteiger partial charge on any atom is 0.113 e. The first-order chi connectivity index (χ1) is 11.0. The van der Waals surface area contributed by atoms with Gasteiger partial charge in [0.25, 0.3) is 0 Å². The van der Waals surface area contributed by atoms with Crippen LogP contribution in [0.15, 0.2) is 49.2 Å². The van der Waals surface area contributed by atoms with Crippen molar-refractivity contribution < 1.29 is 0 Å². The highest BCUT2D eigenvalue weighted by Gasteiger charge is 2.13. The van der Waals surface area contributed by atoms with Gasteiger partial charge in [-0.1, -0.05) is 50.3 Å². The Kier molecular flexibility index (Phi) is 4.28. The van der Waals surface area contributed by atoms with Gasteiger partial charge in [-0.3, -0.25) is 4.68 Å². The molecule has 0 atom stereocenters. The molecular formula is C18H23N5. The number of benzene rings is 1. The fourth-order valence-corrected chi connectivity index (χ4v) is 2.52. The molecule has 0 amide bonds. The van der Waals surface area contributed by atoms with E-state index in [1.807, 2.05) is 23.4 Å². The van der Waals surface area contributed by atoms with Gasteiger partial charge in [0.1, 0.15) is 5.69 Å². The molecule has 1 aromatic carbocycles. The quantitative estimate of drug-likeness (QED) is 0.724. The number of hydrogen-bond donors (Lipinski definition) is 0. The lowest BCUT2D eigenvalue weighted by atomic mass is 9.86. The molecule has 5 nitrogen and oxygen atoms in total. The molecule has 0 aliphatic heterocycles. The molecule has 3 rings (SSSR count). The Hall–Kier alpha value is -2.43. The van der Waals surface area contributed by atoms with Crippen LogP contribution in [0.25, 0.3) is 11.3 Å². The maximum absolute atomic E-state index is 4.29. The van der Waals surface area contributed by atoms with Crippen molar-refractivity contribution in [1.82, 2.24) is 24.5 Å². The highest BCUT2D eigenvalue weighted by atomic mass is 15.4. The van der Waals surface area contributed by atoms with Crippen LogP contribution in [-0.2, 0) is 18.5 Å². The van der Waals surface area contributed by atoms with E-state index in [1.165, 1.54) is 5.56 Å². The topological polar surface area (TPSA) is 48.5 Å². The first-order valence-electron chi connectivity index (χ1n) is 7.99. The minimum Gasteiger partial charge on any atom is -0.337 e. The minimum atomic E-state index is 0.170. The predicted octanol–water partition coefficient (Wildman–Crippen LogP) is 3.53.